The highest BCUT2D eigenvalue weighted by molar-refractivity contribution is 9.10. The first-order valence-corrected chi connectivity index (χ1v) is 11.4. The number of aliphatic hydroxyl groups is 1. The van der Waals surface area contributed by atoms with Gasteiger partial charge in [0.2, 0.25) is 11.8 Å². The molecule has 0 aromatic heterocycles. The van der Waals surface area contributed by atoms with Gasteiger partial charge in [0.05, 0.1) is 28.6 Å². The number of phenols is 1. The molecule has 3 aliphatic rings. The number of benzene rings is 2. The summed E-state index contributed by atoms with van der Waals surface area (Å²) in [5, 5.41) is 33.0. The molecule has 3 fully saturated rings. The molecule has 0 radical (unpaired) electrons. The number of halogens is 1. The summed E-state index contributed by atoms with van der Waals surface area (Å²) >= 11 is 3.38. The summed E-state index contributed by atoms with van der Waals surface area (Å²) in [7, 11) is 0. The van der Waals surface area contributed by atoms with E-state index in [0.717, 1.165) is 9.37 Å². The second-order valence-electron chi connectivity index (χ2n) is 8.96. The molecule has 6 atom stereocenters. The van der Waals surface area contributed by atoms with Crippen molar-refractivity contribution in [3.63, 3.8) is 0 Å². The number of nitro benzene ring substituents is 1. The van der Waals surface area contributed by atoms with Gasteiger partial charge >= 0.3 is 0 Å². The van der Waals surface area contributed by atoms with Crippen LogP contribution in [0.2, 0.25) is 0 Å². The average molecular weight is 517 g/mol. The lowest BCUT2D eigenvalue weighted by molar-refractivity contribution is -0.384. The molecule has 2 aromatic rings. The molecule has 2 heterocycles. The lowest BCUT2D eigenvalue weighted by atomic mass is 9.65. The van der Waals surface area contributed by atoms with Gasteiger partial charge in [-0.25, -0.2) is 4.90 Å². The van der Waals surface area contributed by atoms with Gasteiger partial charge in [0, 0.05) is 34.0 Å². The Morgan fingerprint density at radius 2 is 1.94 bits per heavy atom. The molecule has 1 saturated carbocycles. The van der Waals surface area contributed by atoms with Crippen LogP contribution in [0.3, 0.4) is 0 Å². The van der Waals surface area contributed by atoms with E-state index in [4.69, 9.17) is 4.74 Å². The summed E-state index contributed by atoms with van der Waals surface area (Å²) in [5.74, 6) is -5.14. The van der Waals surface area contributed by atoms with Crippen molar-refractivity contribution in [1.82, 2.24) is 0 Å². The van der Waals surface area contributed by atoms with Gasteiger partial charge in [-0.3, -0.25) is 19.7 Å². The monoisotopic (exact) mass is 516 g/mol. The maximum Gasteiger partial charge on any atom is 0.271 e. The molecule has 2 aromatic carbocycles. The average Bonchev–Trinajstić information content (AvgIpc) is 3.25. The predicted molar refractivity (Wildman–Crippen MR) is 119 cm³/mol. The van der Waals surface area contributed by atoms with Crippen molar-refractivity contribution in [3.05, 3.63) is 62.6 Å². The van der Waals surface area contributed by atoms with Gasteiger partial charge in [0.25, 0.3) is 5.69 Å². The van der Waals surface area contributed by atoms with Crippen molar-refractivity contribution in [1.29, 1.82) is 0 Å². The zero-order valence-corrected chi connectivity index (χ0v) is 19.1. The number of ether oxygens (including phenoxy) is 1. The molecule has 9 nitrogen and oxygen atoms in total. The summed E-state index contributed by atoms with van der Waals surface area (Å²) in [6.07, 6.45) is -0.174. The number of nitrogens with zero attached hydrogens (tertiary/aromatic N) is 2. The number of phenolic OH excluding ortho intramolecular Hbond substituents is 1. The molecule has 0 unspecified atom stereocenters. The first kappa shape index (κ1) is 22.0. The molecule has 2 amide bonds. The molecule has 1 aliphatic carbocycles. The van der Waals surface area contributed by atoms with Crippen LogP contribution in [0.25, 0.3) is 0 Å². The van der Waals surface area contributed by atoms with E-state index in [9.17, 15) is 29.9 Å². The van der Waals surface area contributed by atoms with E-state index in [1.165, 1.54) is 30.3 Å². The van der Waals surface area contributed by atoms with E-state index in [-0.39, 0.29) is 30.0 Å². The van der Waals surface area contributed by atoms with Gasteiger partial charge in [-0.1, -0.05) is 28.9 Å². The Kier molecular flexibility index (Phi) is 5.07. The number of hydrogen-bond donors (Lipinski definition) is 2. The van der Waals surface area contributed by atoms with Crippen LogP contribution < -0.4 is 4.90 Å². The lowest BCUT2D eigenvalue weighted by Gasteiger charge is -2.43. The van der Waals surface area contributed by atoms with Gasteiger partial charge in [0.15, 0.2) is 5.79 Å². The highest BCUT2D eigenvalue weighted by Gasteiger charge is 2.66. The summed E-state index contributed by atoms with van der Waals surface area (Å²) < 4.78 is 6.81. The second-order valence-corrected chi connectivity index (χ2v) is 9.88. The van der Waals surface area contributed by atoms with E-state index in [2.05, 4.69) is 15.9 Å². The second kappa shape index (κ2) is 7.61. The smallest absolute Gasteiger partial charge is 0.271 e. The van der Waals surface area contributed by atoms with Crippen molar-refractivity contribution in [2.45, 2.75) is 31.7 Å². The first-order valence-electron chi connectivity index (χ1n) is 10.6. The first-order chi connectivity index (χ1) is 15.6. The molecular weight excluding hydrogens is 496 g/mol. The van der Waals surface area contributed by atoms with Crippen LogP contribution >= 0.6 is 15.9 Å². The quantitative estimate of drug-likeness (QED) is 0.361. The van der Waals surface area contributed by atoms with Gasteiger partial charge < -0.3 is 14.9 Å². The summed E-state index contributed by atoms with van der Waals surface area (Å²) in [6, 6.07) is 10.3. The van der Waals surface area contributed by atoms with Crippen LogP contribution in [0.5, 0.6) is 5.75 Å². The van der Waals surface area contributed by atoms with Crippen molar-refractivity contribution >= 4 is 39.1 Å². The number of carbonyl (C=O) groups excluding carboxylic acids is 2. The fourth-order valence-electron chi connectivity index (χ4n) is 5.62. The van der Waals surface area contributed by atoms with Gasteiger partial charge in [-0.05, 0) is 37.1 Å². The Morgan fingerprint density at radius 3 is 2.67 bits per heavy atom. The Labute approximate surface area is 197 Å². The number of rotatable bonds is 3. The van der Waals surface area contributed by atoms with Crippen LogP contribution in [0, 0.1) is 33.8 Å². The predicted octanol–water partition coefficient (Wildman–Crippen LogP) is 3.67. The maximum absolute atomic E-state index is 13.5. The Morgan fingerprint density at radius 1 is 1.18 bits per heavy atom. The van der Waals surface area contributed by atoms with Crippen LogP contribution in [0.1, 0.15) is 31.4 Å². The minimum atomic E-state index is -1.64. The van der Waals surface area contributed by atoms with Crippen molar-refractivity contribution in [3.8, 4) is 5.75 Å². The van der Waals surface area contributed by atoms with Crippen LogP contribution in [-0.2, 0) is 14.3 Å². The molecular formula is C23H21BrN2O7. The fourth-order valence-corrected chi connectivity index (χ4v) is 6.00. The van der Waals surface area contributed by atoms with E-state index < -0.39 is 52.3 Å². The number of anilines is 1. The normalized spacial score (nSPS) is 33.2. The molecule has 172 valence electrons. The van der Waals surface area contributed by atoms with Crippen molar-refractivity contribution in [2.75, 3.05) is 4.90 Å². The molecule has 0 bridgehead atoms. The summed E-state index contributed by atoms with van der Waals surface area (Å²) in [4.78, 5) is 38.4. The molecule has 10 heteroatoms. The van der Waals surface area contributed by atoms with Crippen LogP contribution in [0.4, 0.5) is 11.4 Å². The van der Waals surface area contributed by atoms with E-state index >= 15 is 0 Å². The number of aromatic hydroxyl groups is 1. The third-order valence-electron chi connectivity index (χ3n) is 7.19. The highest BCUT2D eigenvalue weighted by Crippen LogP contribution is 2.59. The Bertz CT molecular complexity index is 1190. The molecule has 2 aliphatic heterocycles. The molecule has 33 heavy (non-hydrogen) atoms. The minimum absolute atomic E-state index is 0.0155. The number of fused-ring (bicyclic) bond motifs is 3. The number of non-ortho nitro benzene ring substituents is 1. The SMILES string of the molecule is C[C@H]1C[C@@H]2C(=O)N(c3cccc([N+](=O)[O-])c3)C(=O)[C@@H]2[C@@H]2C[C@@H](c3cc(Br)ccc3O)O[C@]12O. The number of nitro groups is 1. The third kappa shape index (κ3) is 3.27. The van der Waals surface area contributed by atoms with E-state index in [1.54, 1.807) is 19.1 Å². The third-order valence-corrected chi connectivity index (χ3v) is 7.68. The molecule has 0 spiro atoms. The number of amides is 2. The Hall–Kier alpha value is -2.82. The standard InChI is InChI=1S/C23H21BrN2O7/c1-11-7-16-20(22(29)25(21(16)28)13-3-2-4-14(9-13)26(31)32)17-10-19(33-23(11,17)30)15-8-12(24)5-6-18(15)27/h2-6,8-9,11,16-17,19-20,27,30H,7,10H2,1H3/t11-,16-,17-,19-,20-,23+/m0/s1. The highest BCUT2D eigenvalue weighted by atomic mass is 79.9. The molecule has 2 N–H and O–H groups in total. The van der Waals surface area contributed by atoms with Crippen LogP contribution in [-0.4, -0.2) is 32.7 Å². The van der Waals surface area contributed by atoms with Crippen LogP contribution in [0.15, 0.2) is 46.9 Å². The van der Waals surface area contributed by atoms with Crippen molar-refractivity contribution in [2.24, 2.45) is 23.7 Å². The molecule has 2 saturated heterocycles. The van der Waals surface area contributed by atoms with Gasteiger partial charge in [-0.15, -0.1) is 0 Å². The largest absolute Gasteiger partial charge is 0.508 e. The zero-order chi connectivity index (χ0) is 23.7. The Balaban J connectivity index is 1.52. The number of imide groups is 1. The van der Waals surface area contributed by atoms with Gasteiger partial charge in [0.1, 0.15) is 5.75 Å². The minimum Gasteiger partial charge on any atom is -0.508 e. The maximum atomic E-state index is 13.5. The van der Waals surface area contributed by atoms with E-state index in [1.807, 2.05) is 0 Å². The molecule has 5 rings (SSSR count). The summed E-state index contributed by atoms with van der Waals surface area (Å²) in [5.41, 5.74) is 0.412. The van der Waals surface area contributed by atoms with Gasteiger partial charge in [-0.2, -0.15) is 0 Å². The lowest BCUT2D eigenvalue weighted by Crippen LogP contribution is -2.52. The zero-order valence-electron chi connectivity index (χ0n) is 17.6. The number of hydrogen-bond acceptors (Lipinski definition) is 7. The number of carbonyl (C=O) groups is 2. The van der Waals surface area contributed by atoms with Crippen molar-refractivity contribution < 1.29 is 29.5 Å². The fraction of sp³-hybridized carbons (Fsp3) is 0.391. The van der Waals surface area contributed by atoms with E-state index in [0.29, 0.717) is 5.56 Å². The topological polar surface area (TPSA) is 130 Å². The summed E-state index contributed by atoms with van der Waals surface area (Å²) in [6.45, 7) is 1.78.